The van der Waals surface area contributed by atoms with Crippen molar-refractivity contribution in [2.24, 2.45) is 0 Å². The van der Waals surface area contributed by atoms with Gasteiger partial charge in [0.15, 0.2) is 11.5 Å². The number of carbonyl (C=O) groups excluding carboxylic acids is 1. The molecule has 0 aliphatic carbocycles. The van der Waals surface area contributed by atoms with Gasteiger partial charge in [-0.25, -0.2) is 0 Å². The van der Waals surface area contributed by atoms with Crippen molar-refractivity contribution in [2.75, 3.05) is 37.0 Å². The molecule has 6 heteroatoms. The Bertz CT molecular complexity index is 895. The number of hydrogen-bond acceptors (Lipinski definition) is 5. The van der Waals surface area contributed by atoms with E-state index in [1.54, 1.807) is 25.3 Å². The molecule has 0 aliphatic heterocycles. The molecule has 0 aromatic heterocycles. The van der Waals surface area contributed by atoms with Gasteiger partial charge < -0.3 is 19.7 Å². The quantitative estimate of drug-likeness (QED) is 0.502. The molecule has 0 saturated carbocycles. The molecule has 2 aromatic rings. The highest BCUT2D eigenvalue weighted by atomic mass is 16.5. The van der Waals surface area contributed by atoms with E-state index >= 15 is 0 Å². The van der Waals surface area contributed by atoms with E-state index in [-0.39, 0.29) is 5.57 Å². The predicted octanol–water partition coefficient (Wildman–Crippen LogP) is 4.49. The number of anilines is 2. The van der Waals surface area contributed by atoms with Crippen LogP contribution in [-0.2, 0) is 4.79 Å². The molecule has 0 radical (unpaired) electrons. The zero-order chi connectivity index (χ0) is 21.2. The molecule has 2 rings (SSSR count). The van der Waals surface area contributed by atoms with Crippen LogP contribution in [0.3, 0.4) is 0 Å². The van der Waals surface area contributed by atoms with Crippen LogP contribution in [0.25, 0.3) is 6.08 Å². The fourth-order valence-electron chi connectivity index (χ4n) is 2.91. The summed E-state index contributed by atoms with van der Waals surface area (Å²) in [5, 5.41) is 12.2. The van der Waals surface area contributed by atoms with Crippen LogP contribution in [0.1, 0.15) is 26.3 Å². The van der Waals surface area contributed by atoms with Crippen molar-refractivity contribution >= 4 is 23.4 Å². The average Bonchev–Trinajstić information content (AvgIpc) is 2.75. The van der Waals surface area contributed by atoms with Gasteiger partial charge in [0.2, 0.25) is 0 Å². The zero-order valence-electron chi connectivity index (χ0n) is 17.4. The summed E-state index contributed by atoms with van der Waals surface area (Å²) in [6.45, 7) is 8.42. The number of benzene rings is 2. The van der Waals surface area contributed by atoms with Crippen LogP contribution < -0.4 is 19.7 Å². The lowest BCUT2D eigenvalue weighted by atomic mass is 10.1. The van der Waals surface area contributed by atoms with Crippen LogP contribution in [0.4, 0.5) is 11.4 Å². The highest BCUT2D eigenvalue weighted by Crippen LogP contribution is 2.29. The lowest BCUT2D eigenvalue weighted by Crippen LogP contribution is -2.21. The summed E-state index contributed by atoms with van der Waals surface area (Å²) < 4.78 is 10.8. The molecule has 2 aromatic carbocycles. The van der Waals surface area contributed by atoms with Crippen molar-refractivity contribution in [3.05, 3.63) is 53.6 Å². The Labute approximate surface area is 172 Å². The summed E-state index contributed by atoms with van der Waals surface area (Å²) in [5.74, 6) is 0.699. The SMILES string of the molecule is CCOc1ccc(/C=C(/C#N)C(=O)Nc2ccc(N(CC)CC)cc2)cc1OC. The largest absolute Gasteiger partial charge is 0.493 e. The number of nitriles is 1. The Morgan fingerprint density at radius 3 is 2.34 bits per heavy atom. The van der Waals surface area contributed by atoms with Gasteiger partial charge in [0.05, 0.1) is 13.7 Å². The first-order valence-electron chi connectivity index (χ1n) is 9.65. The van der Waals surface area contributed by atoms with Gasteiger partial charge in [-0.3, -0.25) is 4.79 Å². The second-order valence-corrected chi connectivity index (χ2v) is 6.19. The summed E-state index contributed by atoms with van der Waals surface area (Å²) in [7, 11) is 1.55. The molecule has 0 heterocycles. The van der Waals surface area contributed by atoms with Crippen LogP contribution in [0.2, 0.25) is 0 Å². The highest BCUT2D eigenvalue weighted by molar-refractivity contribution is 6.09. The van der Waals surface area contributed by atoms with E-state index < -0.39 is 5.91 Å². The van der Waals surface area contributed by atoms with Gasteiger partial charge >= 0.3 is 0 Å². The highest BCUT2D eigenvalue weighted by Gasteiger charge is 2.11. The van der Waals surface area contributed by atoms with E-state index in [2.05, 4.69) is 24.1 Å². The molecular formula is C23H27N3O3. The maximum absolute atomic E-state index is 12.5. The molecule has 0 unspecified atom stereocenters. The lowest BCUT2D eigenvalue weighted by Gasteiger charge is -2.21. The van der Waals surface area contributed by atoms with Gasteiger partial charge in [-0.1, -0.05) is 6.07 Å². The van der Waals surface area contributed by atoms with Gasteiger partial charge in [-0.05, 0) is 68.8 Å². The van der Waals surface area contributed by atoms with Crippen molar-refractivity contribution in [1.29, 1.82) is 5.26 Å². The Morgan fingerprint density at radius 1 is 1.10 bits per heavy atom. The minimum Gasteiger partial charge on any atom is -0.493 e. The predicted molar refractivity (Wildman–Crippen MR) is 116 cm³/mol. The molecule has 0 spiro atoms. The van der Waals surface area contributed by atoms with Gasteiger partial charge in [-0.15, -0.1) is 0 Å². The van der Waals surface area contributed by atoms with E-state index in [1.807, 2.05) is 37.3 Å². The summed E-state index contributed by atoms with van der Waals surface area (Å²) in [6, 6.07) is 14.8. The van der Waals surface area contributed by atoms with Crippen LogP contribution in [0, 0.1) is 11.3 Å². The minimum absolute atomic E-state index is 0.00373. The topological polar surface area (TPSA) is 74.6 Å². The standard InChI is InChI=1S/C23H27N3O3/c1-5-26(6-2)20-11-9-19(10-12-20)25-23(27)18(16-24)14-17-8-13-21(29-7-3)22(15-17)28-4/h8-15H,5-7H2,1-4H3,(H,25,27)/b18-14-. The zero-order valence-corrected chi connectivity index (χ0v) is 17.4. The fourth-order valence-corrected chi connectivity index (χ4v) is 2.91. The fraction of sp³-hybridized carbons (Fsp3) is 0.304. The first-order valence-corrected chi connectivity index (χ1v) is 9.65. The molecule has 1 N–H and O–H groups in total. The molecule has 152 valence electrons. The molecule has 29 heavy (non-hydrogen) atoms. The van der Waals surface area contributed by atoms with Gasteiger partial charge in [-0.2, -0.15) is 5.26 Å². The number of nitrogens with one attached hydrogen (secondary N) is 1. The third-order valence-electron chi connectivity index (χ3n) is 4.42. The molecule has 0 atom stereocenters. The van der Waals surface area contributed by atoms with Crippen molar-refractivity contribution in [2.45, 2.75) is 20.8 Å². The van der Waals surface area contributed by atoms with E-state index in [0.717, 1.165) is 18.8 Å². The second kappa shape index (κ2) is 10.8. The normalized spacial score (nSPS) is 10.8. The van der Waals surface area contributed by atoms with Crippen molar-refractivity contribution in [3.8, 4) is 17.6 Å². The molecule has 1 amide bonds. The number of hydrogen-bond donors (Lipinski definition) is 1. The maximum atomic E-state index is 12.5. The maximum Gasteiger partial charge on any atom is 0.266 e. The first-order chi connectivity index (χ1) is 14.1. The van der Waals surface area contributed by atoms with Crippen molar-refractivity contribution < 1.29 is 14.3 Å². The van der Waals surface area contributed by atoms with E-state index in [9.17, 15) is 10.1 Å². The van der Waals surface area contributed by atoms with E-state index in [4.69, 9.17) is 9.47 Å². The molecule has 0 fully saturated rings. The second-order valence-electron chi connectivity index (χ2n) is 6.19. The monoisotopic (exact) mass is 393 g/mol. The molecule has 0 aliphatic rings. The Kier molecular flexibility index (Phi) is 8.11. The summed E-state index contributed by atoms with van der Waals surface area (Å²) in [6.07, 6.45) is 1.53. The number of ether oxygens (including phenoxy) is 2. The summed E-state index contributed by atoms with van der Waals surface area (Å²) in [5.41, 5.74) is 2.40. The van der Waals surface area contributed by atoms with Gasteiger partial charge in [0.1, 0.15) is 11.6 Å². The average molecular weight is 393 g/mol. The summed E-state index contributed by atoms with van der Waals surface area (Å²) in [4.78, 5) is 14.7. The van der Waals surface area contributed by atoms with E-state index in [1.165, 1.54) is 6.08 Å². The van der Waals surface area contributed by atoms with E-state index in [0.29, 0.717) is 29.4 Å². The Balaban J connectivity index is 2.17. The van der Waals surface area contributed by atoms with Crippen molar-refractivity contribution in [1.82, 2.24) is 0 Å². The number of carbonyl (C=O) groups is 1. The number of methoxy groups -OCH3 is 1. The molecular weight excluding hydrogens is 366 g/mol. The molecule has 6 nitrogen and oxygen atoms in total. The molecule has 0 bridgehead atoms. The Morgan fingerprint density at radius 2 is 1.79 bits per heavy atom. The van der Waals surface area contributed by atoms with Crippen molar-refractivity contribution in [3.63, 3.8) is 0 Å². The number of rotatable bonds is 9. The van der Waals surface area contributed by atoms with Gasteiger partial charge in [0.25, 0.3) is 5.91 Å². The smallest absolute Gasteiger partial charge is 0.266 e. The first kappa shape index (κ1) is 21.8. The van der Waals surface area contributed by atoms with Crippen LogP contribution in [0.15, 0.2) is 48.0 Å². The third-order valence-corrected chi connectivity index (χ3v) is 4.42. The minimum atomic E-state index is -0.462. The van der Waals surface area contributed by atoms with Crippen LogP contribution >= 0.6 is 0 Å². The third kappa shape index (κ3) is 5.76. The summed E-state index contributed by atoms with van der Waals surface area (Å²) >= 11 is 0. The Hall–Kier alpha value is -3.46. The van der Waals surface area contributed by atoms with Crippen LogP contribution in [-0.4, -0.2) is 32.7 Å². The van der Waals surface area contributed by atoms with Gasteiger partial charge in [0, 0.05) is 24.5 Å². The molecule has 0 saturated heterocycles. The lowest BCUT2D eigenvalue weighted by molar-refractivity contribution is -0.112. The number of nitrogens with zero attached hydrogens (tertiary/aromatic N) is 2. The number of amides is 1. The van der Waals surface area contributed by atoms with Crippen LogP contribution in [0.5, 0.6) is 11.5 Å².